The lowest BCUT2D eigenvalue weighted by atomic mass is 10.3. The van der Waals surface area contributed by atoms with Gasteiger partial charge in [0.15, 0.2) is 0 Å². The minimum atomic E-state index is 0.355. The SMILES string of the molecule is Cn1ccc(CNc2ccc(C(N)=S)cn2)n1. The molecule has 2 aromatic rings. The smallest absolute Gasteiger partial charge is 0.126 e. The number of nitrogens with two attached hydrogens (primary N) is 1. The summed E-state index contributed by atoms with van der Waals surface area (Å²) in [4.78, 5) is 4.56. The first kappa shape index (κ1) is 11.5. The quantitative estimate of drug-likeness (QED) is 0.791. The second-order valence-electron chi connectivity index (χ2n) is 3.63. The maximum absolute atomic E-state index is 5.49. The van der Waals surface area contributed by atoms with Crippen LogP contribution in [0, 0.1) is 0 Å². The number of nitrogens with zero attached hydrogens (tertiary/aromatic N) is 3. The van der Waals surface area contributed by atoms with Gasteiger partial charge in [-0.2, -0.15) is 5.10 Å². The van der Waals surface area contributed by atoms with E-state index in [-0.39, 0.29) is 0 Å². The summed E-state index contributed by atoms with van der Waals surface area (Å²) in [6.07, 6.45) is 3.56. The fourth-order valence-electron chi connectivity index (χ4n) is 1.38. The number of hydrogen-bond acceptors (Lipinski definition) is 4. The molecule has 88 valence electrons. The molecule has 0 bridgehead atoms. The molecule has 0 amide bonds. The fraction of sp³-hybridized carbons (Fsp3) is 0.182. The molecule has 0 saturated heterocycles. The van der Waals surface area contributed by atoms with Gasteiger partial charge < -0.3 is 11.1 Å². The lowest BCUT2D eigenvalue weighted by Gasteiger charge is -2.04. The lowest BCUT2D eigenvalue weighted by Crippen LogP contribution is -2.10. The first-order valence-electron chi connectivity index (χ1n) is 5.13. The molecule has 2 rings (SSSR count). The van der Waals surface area contributed by atoms with E-state index in [9.17, 15) is 0 Å². The third kappa shape index (κ3) is 3.01. The van der Waals surface area contributed by atoms with E-state index in [0.29, 0.717) is 11.5 Å². The largest absolute Gasteiger partial charge is 0.389 e. The van der Waals surface area contributed by atoms with Crippen molar-refractivity contribution in [2.45, 2.75) is 6.54 Å². The monoisotopic (exact) mass is 247 g/mol. The predicted octanol–water partition coefficient (Wildman–Crippen LogP) is 1.06. The molecule has 0 saturated carbocycles. The average Bonchev–Trinajstić information content (AvgIpc) is 2.73. The zero-order valence-electron chi connectivity index (χ0n) is 9.42. The number of hydrogen-bond donors (Lipinski definition) is 2. The van der Waals surface area contributed by atoms with E-state index >= 15 is 0 Å². The van der Waals surface area contributed by atoms with Crippen LogP contribution in [0.15, 0.2) is 30.6 Å². The summed E-state index contributed by atoms with van der Waals surface area (Å²) in [6.45, 7) is 0.639. The molecule has 3 N–H and O–H groups in total. The Morgan fingerprint density at radius 3 is 2.82 bits per heavy atom. The van der Waals surface area contributed by atoms with E-state index < -0.39 is 0 Å². The third-order valence-corrected chi connectivity index (χ3v) is 2.50. The van der Waals surface area contributed by atoms with E-state index in [4.69, 9.17) is 18.0 Å². The maximum atomic E-state index is 5.49. The highest BCUT2D eigenvalue weighted by Crippen LogP contribution is 2.06. The van der Waals surface area contributed by atoms with E-state index in [1.807, 2.05) is 31.4 Å². The Balaban J connectivity index is 1.97. The highest BCUT2D eigenvalue weighted by Gasteiger charge is 1.99. The Bertz CT molecular complexity index is 517. The lowest BCUT2D eigenvalue weighted by molar-refractivity contribution is 0.747. The van der Waals surface area contributed by atoms with Crippen molar-refractivity contribution >= 4 is 23.0 Å². The zero-order chi connectivity index (χ0) is 12.3. The van der Waals surface area contributed by atoms with E-state index in [1.54, 1.807) is 10.9 Å². The molecule has 6 heteroatoms. The molecule has 0 aliphatic heterocycles. The van der Waals surface area contributed by atoms with Crippen molar-refractivity contribution in [2.75, 3.05) is 5.32 Å². The molecule has 0 unspecified atom stereocenters. The second-order valence-corrected chi connectivity index (χ2v) is 4.07. The van der Waals surface area contributed by atoms with Gasteiger partial charge in [0, 0.05) is 25.0 Å². The van der Waals surface area contributed by atoms with Crippen LogP contribution in [0.5, 0.6) is 0 Å². The summed E-state index contributed by atoms with van der Waals surface area (Å²) >= 11 is 4.85. The number of aromatic nitrogens is 3. The first-order chi connectivity index (χ1) is 8.15. The van der Waals surface area contributed by atoms with Gasteiger partial charge in [-0.3, -0.25) is 4.68 Å². The van der Waals surface area contributed by atoms with Gasteiger partial charge in [-0.15, -0.1) is 0 Å². The topological polar surface area (TPSA) is 68.8 Å². The van der Waals surface area contributed by atoms with Crippen LogP contribution >= 0.6 is 12.2 Å². The minimum Gasteiger partial charge on any atom is -0.389 e. The van der Waals surface area contributed by atoms with Crippen LogP contribution in [0.3, 0.4) is 0 Å². The number of nitrogens with one attached hydrogen (secondary N) is 1. The van der Waals surface area contributed by atoms with Crippen molar-refractivity contribution < 1.29 is 0 Å². The molecule has 0 aliphatic carbocycles. The summed E-state index contributed by atoms with van der Waals surface area (Å²) in [7, 11) is 1.89. The van der Waals surface area contributed by atoms with Crippen LogP contribution in [0.4, 0.5) is 5.82 Å². The van der Waals surface area contributed by atoms with Crippen LogP contribution in [0.2, 0.25) is 0 Å². The number of aryl methyl sites for hydroxylation is 1. The highest BCUT2D eigenvalue weighted by atomic mass is 32.1. The van der Waals surface area contributed by atoms with Crippen LogP contribution < -0.4 is 11.1 Å². The van der Waals surface area contributed by atoms with Crippen molar-refractivity contribution in [3.05, 3.63) is 41.9 Å². The summed E-state index contributed by atoms with van der Waals surface area (Å²) in [5, 5.41) is 7.43. The molecule has 2 heterocycles. The van der Waals surface area contributed by atoms with Gasteiger partial charge in [0.05, 0.1) is 12.2 Å². The summed E-state index contributed by atoms with van der Waals surface area (Å²) in [5.74, 6) is 0.774. The van der Waals surface area contributed by atoms with Gasteiger partial charge in [-0.1, -0.05) is 12.2 Å². The summed E-state index contributed by atoms with van der Waals surface area (Å²) in [5.41, 5.74) is 7.22. The summed E-state index contributed by atoms with van der Waals surface area (Å²) < 4.78 is 1.76. The van der Waals surface area contributed by atoms with Crippen LogP contribution in [-0.4, -0.2) is 19.8 Å². The molecule has 0 radical (unpaired) electrons. The van der Waals surface area contributed by atoms with Crippen molar-refractivity contribution in [2.24, 2.45) is 12.8 Å². The van der Waals surface area contributed by atoms with Crippen LogP contribution in [0.25, 0.3) is 0 Å². The van der Waals surface area contributed by atoms with Crippen molar-refractivity contribution in [3.8, 4) is 0 Å². The van der Waals surface area contributed by atoms with Crippen molar-refractivity contribution in [3.63, 3.8) is 0 Å². The highest BCUT2D eigenvalue weighted by molar-refractivity contribution is 7.80. The molecule has 0 fully saturated rings. The van der Waals surface area contributed by atoms with Gasteiger partial charge >= 0.3 is 0 Å². The van der Waals surface area contributed by atoms with Gasteiger partial charge in [-0.25, -0.2) is 4.98 Å². The number of pyridine rings is 1. The molecule has 17 heavy (non-hydrogen) atoms. The molecule has 0 aromatic carbocycles. The second kappa shape index (κ2) is 4.92. The maximum Gasteiger partial charge on any atom is 0.126 e. The standard InChI is InChI=1S/C11H13N5S/c1-16-5-4-9(15-16)7-14-10-3-2-8(6-13-10)11(12)17/h2-6H,7H2,1H3,(H2,12,17)(H,13,14). The Hall–Kier alpha value is -1.95. The van der Waals surface area contributed by atoms with Gasteiger partial charge in [0.1, 0.15) is 10.8 Å². The van der Waals surface area contributed by atoms with Crippen molar-refractivity contribution in [1.29, 1.82) is 0 Å². The number of thiocarbonyl (C=S) groups is 1. The van der Waals surface area contributed by atoms with E-state index in [2.05, 4.69) is 15.4 Å². The normalized spacial score (nSPS) is 10.2. The van der Waals surface area contributed by atoms with Gasteiger partial charge in [-0.05, 0) is 18.2 Å². The van der Waals surface area contributed by atoms with Crippen LogP contribution in [0.1, 0.15) is 11.3 Å². The number of rotatable bonds is 4. The van der Waals surface area contributed by atoms with Gasteiger partial charge in [0.25, 0.3) is 0 Å². The van der Waals surface area contributed by atoms with Gasteiger partial charge in [0.2, 0.25) is 0 Å². The molecule has 0 aliphatic rings. The molecule has 0 atom stereocenters. The molecular weight excluding hydrogens is 234 g/mol. The molecule has 2 aromatic heterocycles. The minimum absolute atomic E-state index is 0.355. The Labute approximate surface area is 105 Å². The average molecular weight is 247 g/mol. The first-order valence-corrected chi connectivity index (χ1v) is 5.54. The van der Waals surface area contributed by atoms with Crippen molar-refractivity contribution in [1.82, 2.24) is 14.8 Å². The molecular formula is C11H13N5S. The zero-order valence-corrected chi connectivity index (χ0v) is 10.2. The Morgan fingerprint density at radius 2 is 2.29 bits per heavy atom. The van der Waals surface area contributed by atoms with E-state index in [1.165, 1.54) is 0 Å². The molecule has 5 nitrogen and oxygen atoms in total. The predicted molar refractivity (Wildman–Crippen MR) is 70.7 cm³/mol. The number of anilines is 1. The fourth-order valence-corrected chi connectivity index (χ4v) is 1.50. The van der Waals surface area contributed by atoms with Crippen LogP contribution in [-0.2, 0) is 13.6 Å². The third-order valence-electron chi connectivity index (χ3n) is 2.27. The molecule has 0 spiro atoms. The van der Waals surface area contributed by atoms with E-state index in [0.717, 1.165) is 17.1 Å². The Kier molecular flexibility index (Phi) is 3.34. The Morgan fingerprint density at radius 1 is 1.47 bits per heavy atom. The summed E-state index contributed by atoms with van der Waals surface area (Å²) in [6, 6.07) is 5.64.